The molecule has 0 aliphatic rings. The first-order valence-corrected chi connectivity index (χ1v) is 8.34. The third-order valence-electron chi connectivity index (χ3n) is 3.98. The number of hydrogen-bond acceptors (Lipinski definition) is 6. The number of thiazole rings is 1. The summed E-state index contributed by atoms with van der Waals surface area (Å²) in [6.45, 7) is 0. The Morgan fingerprint density at radius 2 is 2.08 bits per heavy atom. The van der Waals surface area contributed by atoms with Crippen molar-refractivity contribution in [2.24, 2.45) is 12.8 Å². The molecule has 9 heteroatoms. The summed E-state index contributed by atoms with van der Waals surface area (Å²) < 4.78 is 8.35. The van der Waals surface area contributed by atoms with Gasteiger partial charge in [0.2, 0.25) is 5.91 Å². The van der Waals surface area contributed by atoms with Crippen LogP contribution in [0.15, 0.2) is 36.7 Å². The van der Waals surface area contributed by atoms with Gasteiger partial charge in [-0.15, -0.1) is 12.4 Å². The second kappa shape index (κ2) is 6.81. The molecule has 3 N–H and O–H groups in total. The van der Waals surface area contributed by atoms with E-state index >= 15 is 0 Å². The number of nitrogens with two attached hydrogens (primary N) is 1. The maximum Gasteiger partial charge on any atom is 0.248 e. The summed E-state index contributed by atoms with van der Waals surface area (Å²) in [6.07, 6.45) is 1.78. The molecule has 134 valence electrons. The Morgan fingerprint density at radius 1 is 1.27 bits per heavy atom. The second-order valence-corrected chi connectivity index (χ2v) is 6.59. The molecule has 0 radical (unpaired) electrons. The third kappa shape index (κ3) is 2.93. The number of fused-ring (bicyclic) bond motifs is 3. The molecule has 0 unspecified atom stereocenters. The monoisotopic (exact) mass is 389 g/mol. The van der Waals surface area contributed by atoms with Crippen molar-refractivity contribution >= 4 is 61.7 Å². The van der Waals surface area contributed by atoms with E-state index in [1.165, 1.54) is 11.3 Å². The molecule has 26 heavy (non-hydrogen) atoms. The molecule has 7 nitrogen and oxygen atoms in total. The van der Waals surface area contributed by atoms with Gasteiger partial charge in [0.15, 0.2) is 5.13 Å². The van der Waals surface area contributed by atoms with Gasteiger partial charge in [0.25, 0.3) is 0 Å². The van der Waals surface area contributed by atoms with E-state index in [1.54, 1.807) is 31.6 Å². The predicted molar refractivity (Wildman–Crippen MR) is 106 cm³/mol. The van der Waals surface area contributed by atoms with E-state index in [0.29, 0.717) is 17.0 Å². The Kier molecular flexibility index (Phi) is 4.71. The molecular weight excluding hydrogens is 374 g/mol. The van der Waals surface area contributed by atoms with Crippen LogP contribution in [0.5, 0.6) is 5.75 Å². The fraction of sp³-hybridized carbons (Fsp3) is 0.118. The summed E-state index contributed by atoms with van der Waals surface area (Å²) in [4.78, 5) is 20.4. The molecule has 0 saturated carbocycles. The third-order valence-corrected chi connectivity index (χ3v) is 4.92. The number of methoxy groups -OCH3 is 1. The van der Waals surface area contributed by atoms with Gasteiger partial charge in [-0.05, 0) is 30.3 Å². The molecule has 1 amide bonds. The van der Waals surface area contributed by atoms with Crippen molar-refractivity contribution in [2.75, 3.05) is 12.4 Å². The molecule has 0 aliphatic carbocycles. The molecule has 0 aliphatic heterocycles. The molecule has 0 fully saturated rings. The number of carbonyl (C=O) groups is 1. The number of imidazole rings is 1. The highest BCUT2D eigenvalue weighted by Crippen LogP contribution is 2.35. The zero-order valence-corrected chi connectivity index (χ0v) is 15.6. The average molecular weight is 390 g/mol. The minimum Gasteiger partial charge on any atom is -0.495 e. The Bertz CT molecular complexity index is 1120. The quantitative estimate of drug-likeness (QED) is 0.557. The van der Waals surface area contributed by atoms with Gasteiger partial charge in [0.1, 0.15) is 16.8 Å². The summed E-state index contributed by atoms with van der Waals surface area (Å²) in [5.74, 6) is 0.0286. The molecular formula is C17H16ClN5O2S. The zero-order valence-electron chi connectivity index (χ0n) is 14.0. The molecule has 2 aromatic carbocycles. The highest BCUT2D eigenvalue weighted by Gasteiger charge is 2.13. The van der Waals surface area contributed by atoms with E-state index in [9.17, 15) is 4.79 Å². The first-order chi connectivity index (χ1) is 12.1. The SMILES string of the molecule is COc1cc(C(N)=O)ccc1Nc1nc2c(ccc3c2ncn3C)s1.Cl. The van der Waals surface area contributed by atoms with Gasteiger partial charge in [-0.3, -0.25) is 4.79 Å². The Balaban J connectivity index is 0.00000196. The number of benzene rings is 2. The van der Waals surface area contributed by atoms with Crippen LogP contribution in [0.25, 0.3) is 21.3 Å². The van der Waals surface area contributed by atoms with Crippen molar-refractivity contribution in [1.29, 1.82) is 0 Å². The van der Waals surface area contributed by atoms with Crippen molar-refractivity contribution in [3.05, 3.63) is 42.2 Å². The number of carbonyl (C=O) groups excluding carboxylic acids is 1. The number of ether oxygens (including phenoxy) is 1. The van der Waals surface area contributed by atoms with Gasteiger partial charge in [0, 0.05) is 12.6 Å². The smallest absolute Gasteiger partial charge is 0.248 e. The number of nitrogens with one attached hydrogen (secondary N) is 1. The van der Waals surface area contributed by atoms with Crippen molar-refractivity contribution in [3.8, 4) is 5.75 Å². The number of anilines is 2. The van der Waals surface area contributed by atoms with Crippen LogP contribution in [0.3, 0.4) is 0 Å². The maximum absolute atomic E-state index is 11.3. The molecule has 2 aromatic heterocycles. The van der Waals surface area contributed by atoms with E-state index in [-0.39, 0.29) is 12.4 Å². The van der Waals surface area contributed by atoms with Crippen molar-refractivity contribution in [3.63, 3.8) is 0 Å². The fourth-order valence-electron chi connectivity index (χ4n) is 2.70. The van der Waals surface area contributed by atoms with Gasteiger partial charge in [-0.2, -0.15) is 0 Å². The van der Waals surface area contributed by atoms with Crippen LogP contribution in [-0.4, -0.2) is 27.6 Å². The number of primary amides is 1. The van der Waals surface area contributed by atoms with Crippen LogP contribution in [-0.2, 0) is 7.05 Å². The van der Waals surface area contributed by atoms with E-state index in [2.05, 4.69) is 15.3 Å². The summed E-state index contributed by atoms with van der Waals surface area (Å²) in [5, 5.41) is 3.97. The van der Waals surface area contributed by atoms with Crippen LogP contribution in [0.1, 0.15) is 10.4 Å². The number of aromatic nitrogens is 3. The van der Waals surface area contributed by atoms with E-state index in [0.717, 1.165) is 26.4 Å². The normalized spacial score (nSPS) is 10.7. The minimum atomic E-state index is -0.498. The summed E-state index contributed by atoms with van der Waals surface area (Å²) >= 11 is 1.53. The minimum absolute atomic E-state index is 0. The van der Waals surface area contributed by atoms with Crippen molar-refractivity contribution in [1.82, 2.24) is 14.5 Å². The number of amides is 1. The van der Waals surface area contributed by atoms with Gasteiger partial charge < -0.3 is 20.4 Å². The van der Waals surface area contributed by atoms with Crippen molar-refractivity contribution in [2.45, 2.75) is 0 Å². The van der Waals surface area contributed by atoms with Gasteiger partial charge in [-0.25, -0.2) is 9.97 Å². The highest BCUT2D eigenvalue weighted by molar-refractivity contribution is 7.22. The van der Waals surface area contributed by atoms with Crippen LogP contribution < -0.4 is 15.8 Å². The summed E-state index contributed by atoms with van der Waals surface area (Å²) in [6, 6.07) is 9.08. The molecule has 0 atom stereocenters. The largest absolute Gasteiger partial charge is 0.495 e. The average Bonchev–Trinajstić information content (AvgIpc) is 3.18. The fourth-order valence-corrected chi connectivity index (χ4v) is 3.59. The molecule has 0 saturated heterocycles. The number of aryl methyl sites for hydroxylation is 1. The maximum atomic E-state index is 11.3. The second-order valence-electron chi connectivity index (χ2n) is 5.56. The Morgan fingerprint density at radius 3 is 2.81 bits per heavy atom. The van der Waals surface area contributed by atoms with Crippen molar-refractivity contribution < 1.29 is 9.53 Å². The standard InChI is InChI=1S/C17H15N5O2S.ClH/c1-22-8-19-14-11(22)5-6-13-15(14)21-17(25-13)20-10-4-3-9(16(18)23)7-12(10)24-2;/h3-8H,1-2H3,(H2,18,23)(H,20,21);1H. The van der Waals surface area contributed by atoms with E-state index in [1.807, 2.05) is 23.7 Å². The first kappa shape index (κ1) is 18.0. The molecule has 4 rings (SSSR count). The van der Waals surface area contributed by atoms with Gasteiger partial charge in [0.05, 0.1) is 29.3 Å². The van der Waals surface area contributed by atoms with Gasteiger partial charge >= 0.3 is 0 Å². The van der Waals surface area contributed by atoms with E-state index < -0.39 is 5.91 Å². The number of nitrogens with zero attached hydrogens (tertiary/aromatic N) is 3. The summed E-state index contributed by atoms with van der Waals surface area (Å²) in [7, 11) is 3.50. The number of hydrogen-bond donors (Lipinski definition) is 2. The Hall–Kier alpha value is -2.84. The Labute approximate surface area is 159 Å². The molecule has 4 aromatic rings. The predicted octanol–water partition coefficient (Wildman–Crippen LogP) is 3.46. The highest BCUT2D eigenvalue weighted by atomic mass is 35.5. The zero-order chi connectivity index (χ0) is 17.6. The lowest BCUT2D eigenvalue weighted by Gasteiger charge is -2.09. The lowest BCUT2D eigenvalue weighted by Crippen LogP contribution is -2.11. The summed E-state index contributed by atoms with van der Waals surface area (Å²) in [5.41, 5.74) is 9.18. The van der Waals surface area contributed by atoms with Crippen LogP contribution in [0.4, 0.5) is 10.8 Å². The van der Waals surface area contributed by atoms with Gasteiger partial charge in [-0.1, -0.05) is 11.3 Å². The number of rotatable bonds is 4. The van der Waals surface area contributed by atoms with Crippen LogP contribution in [0.2, 0.25) is 0 Å². The lowest BCUT2D eigenvalue weighted by molar-refractivity contribution is 0.1000. The molecule has 2 heterocycles. The topological polar surface area (TPSA) is 95.1 Å². The van der Waals surface area contributed by atoms with E-state index in [4.69, 9.17) is 10.5 Å². The molecule has 0 spiro atoms. The first-order valence-electron chi connectivity index (χ1n) is 7.52. The number of halogens is 1. The molecule has 0 bridgehead atoms. The lowest BCUT2D eigenvalue weighted by atomic mass is 10.2. The van der Waals surface area contributed by atoms with Crippen LogP contribution in [0, 0.1) is 0 Å². The van der Waals surface area contributed by atoms with Crippen LogP contribution >= 0.6 is 23.7 Å².